The van der Waals surface area contributed by atoms with Crippen molar-refractivity contribution in [2.75, 3.05) is 0 Å². The minimum atomic E-state index is -0.0509. The van der Waals surface area contributed by atoms with Crippen LogP contribution in [0, 0.1) is 13.8 Å². The first kappa shape index (κ1) is 16.7. The van der Waals surface area contributed by atoms with Crippen LogP contribution in [0.25, 0.3) is 17.2 Å². The summed E-state index contributed by atoms with van der Waals surface area (Å²) in [5, 5.41) is 0. The van der Waals surface area contributed by atoms with E-state index in [-0.39, 0.29) is 5.41 Å². The van der Waals surface area contributed by atoms with Gasteiger partial charge in [0.25, 0.3) is 0 Å². The molecular formula is C25H24O. The van der Waals surface area contributed by atoms with Crippen LogP contribution in [0.2, 0.25) is 0 Å². The van der Waals surface area contributed by atoms with Crippen molar-refractivity contribution >= 4 is 6.08 Å². The molecule has 0 spiro atoms. The van der Waals surface area contributed by atoms with Crippen molar-refractivity contribution in [3.8, 4) is 22.6 Å². The molecule has 3 aromatic rings. The van der Waals surface area contributed by atoms with E-state index in [4.69, 9.17) is 4.74 Å². The van der Waals surface area contributed by atoms with Crippen molar-refractivity contribution in [3.63, 3.8) is 0 Å². The second-order valence-electron chi connectivity index (χ2n) is 7.71. The van der Waals surface area contributed by atoms with Crippen LogP contribution < -0.4 is 4.74 Å². The molecular weight excluding hydrogens is 316 g/mol. The SMILES string of the molecule is C=Cc1ccc2c(c1)C(C)(C)c1cc(Oc3cc(C)ccc3C)ccc1-2. The summed E-state index contributed by atoms with van der Waals surface area (Å²) in [7, 11) is 0. The number of rotatable bonds is 3. The predicted molar refractivity (Wildman–Crippen MR) is 110 cm³/mol. The number of hydrogen-bond donors (Lipinski definition) is 0. The van der Waals surface area contributed by atoms with Gasteiger partial charge in [-0.15, -0.1) is 0 Å². The second kappa shape index (κ2) is 5.88. The van der Waals surface area contributed by atoms with Crippen molar-refractivity contribution in [1.29, 1.82) is 0 Å². The van der Waals surface area contributed by atoms with Gasteiger partial charge in [0.2, 0.25) is 0 Å². The van der Waals surface area contributed by atoms with Crippen LogP contribution in [-0.2, 0) is 5.41 Å². The van der Waals surface area contributed by atoms with Crippen LogP contribution in [0.3, 0.4) is 0 Å². The number of ether oxygens (including phenoxy) is 1. The highest BCUT2D eigenvalue weighted by Gasteiger charge is 2.35. The lowest BCUT2D eigenvalue weighted by molar-refractivity contribution is 0.476. The molecule has 0 bridgehead atoms. The van der Waals surface area contributed by atoms with E-state index >= 15 is 0 Å². The summed E-state index contributed by atoms with van der Waals surface area (Å²) in [6.07, 6.45) is 1.91. The molecule has 1 heteroatoms. The Labute approximate surface area is 156 Å². The fraction of sp³-hybridized carbons (Fsp3) is 0.200. The molecule has 0 radical (unpaired) electrons. The number of aryl methyl sites for hydroxylation is 2. The van der Waals surface area contributed by atoms with Crippen molar-refractivity contribution in [2.24, 2.45) is 0 Å². The molecule has 1 nitrogen and oxygen atoms in total. The van der Waals surface area contributed by atoms with Crippen LogP contribution in [-0.4, -0.2) is 0 Å². The smallest absolute Gasteiger partial charge is 0.130 e. The van der Waals surface area contributed by atoms with E-state index in [0.29, 0.717) is 0 Å². The summed E-state index contributed by atoms with van der Waals surface area (Å²) < 4.78 is 6.24. The van der Waals surface area contributed by atoms with E-state index in [2.05, 4.69) is 88.9 Å². The Morgan fingerprint density at radius 2 is 1.54 bits per heavy atom. The van der Waals surface area contributed by atoms with Gasteiger partial charge in [0.1, 0.15) is 11.5 Å². The molecule has 130 valence electrons. The molecule has 0 N–H and O–H groups in total. The van der Waals surface area contributed by atoms with E-state index in [1.807, 2.05) is 6.08 Å². The zero-order chi connectivity index (χ0) is 18.5. The zero-order valence-corrected chi connectivity index (χ0v) is 15.9. The molecule has 26 heavy (non-hydrogen) atoms. The maximum atomic E-state index is 6.24. The Kier molecular flexibility index (Phi) is 3.77. The fourth-order valence-corrected chi connectivity index (χ4v) is 3.87. The maximum Gasteiger partial charge on any atom is 0.130 e. The minimum absolute atomic E-state index is 0.0509. The van der Waals surface area contributed by atoms with Gasteiger partial charge in [-0.1, -0.05) is 62.9 Å². The summed E-state index contributed by atoms with van der Waals surface area (Å²) >= 11 is 0. The summed E-state index contributed by atoms with van der Waals surface area (Å²) in [6, 6.07) is 19.4. The van der Waals surface area contributed by atoms with E-state index in [9.17, 15) is 0 Å². The van der Waals surface area contributed by atoms with Crippen LogP contribution in [0.5, 0.6) is 11.5 Å². The number of benzene rings is 3. The lowest BCUT2D eigenvalue weighted by Gasteiger charge is -2.22. The Hall–Kier alpha value is -2.80. The first-order chi connectivity index (χ1) is 12.4. The van der Waals surface area contributed by atoms with Crippen molar-refractivity contribution < 1.29 is 4.74 Å². The monoisotopic (exact) mass is 340 g/mol. The lowest BCUT2D eigenvalue weighted by atomic mass is 9.82. The third-order valence-electron chi connectivity index (χ3n) is 5.48. The molecule has 0 aromatic heterocycles. The molecule has 1 aliphatic carbocycles. The van der Waals surface area contributed by atoms with Crippen LogP contribution in [0.4, 0.5) is 0 Å². The molecule has 0 heterocycles. The van der Waals surface area contributed by atoms with Crippen molar-refractivity contribution in [1.82, 2.24) is 0 Å². The van der Waals surface area contributed by atoms with Gasteiger partial charge in [0, 0.05) is 5.41 Å². The van der Waals surface area contributed by atoms with Gasteiger partial charge in [-0.3, -0.25) is 0 Å². The molecule has 0 fully saturated rings. The first-order valence-corrected chi connectivity index (χ1v) is 9.07. The Bertz CT molecular complexity index is 1020. The third-order valence-corrected chi connectivity index (χ3v) is 5.48. The molecule has 0 atom stereocenters. The molecule has 0 saturated carbocycles. The molecule has 3 aromatic carbocycles. The molecule has 1 aliphatic rings. The normalized spacial score (nSPS) is 13.8. The zero-order valence-electron chi connectivity index (χ0n) is 15.9. The number of fused-ring (bicyclic) bond motifs is 3. The third kappa shape index (κ3) is 2.55. The molecule has 0 amide bonds. The maximum absolute atomic E-state index is 6.24. The van der Waals surface area contributed by atoms with Gasteiger partial charge in [0.05, 0.1) is 0 Å². The Morgan fingerprint density at radius 3 is 2.27 bits per heavy atom. The van der Waals surface area contributed by atoms with Crippen LogP contribution in [0.15, 0.2) is 61.2 Å². The summed E-state index contributed by atoms with van der Waals surface area (Å²) in [4.78, 5) is 0. The van der Waals surface area contributed by atoms with Gasteiger partial charge < -0.3 is 4.74 Å². The summed E-state index contributed by atoms with van der Waals surface area (Å²) in [5.74, 6) is 1.81. The van der Waals surface area contributed by atoms with Crippen molar-refractivity contribution in [2.45, 2.75) is 33.1 Å². The lowest BCUT2D eigenvalue weighted by Crippen LogP contribution is -2.15. The van der Waals surface area contributed by atoms with Crippen LogP contribution in [0.1, 0.15) is 41.7 Å². The quantitative estimate of drug-likeness (QED) is 0.496. The summed E-state index contributed by atoms with van der Waals surface area (Å²) in [5.41, 5.74) is 8.75. The highest BCUT2D eigenvalue weighted by atomic mass is 16.5. The molecule has 0 aliphatic heterocycles. The van der Waals surface area contributed by atoms with Crippen molar-refractivity contribution in [3.05, 3.63) is 89.0 Å². The first-order valence-electron chi connectivity index (χ1n) is 9.07. The summed E-state index contributed by atoms with van der Waals surface area (Å²) in [6.45, 7) is 12.6. The molecule has 0 saturated heterocycles. The average molecular weight is 340 g/mol. The Morgan fingerprint density at radius 1 is 0.846 bits per heavy atom. The van der Waals surface area contributed by atoms with Gasteiger partial charge in [-0.2, -0.15) is 0 Å². The highest BCUT2D eigenvalue weighted by molar-refractivity contribution is 5.82. The second-order valence-corrected chi connectivity index (χ2v) is 7.71. The average Bonchev–Trinajstić information content (AvgIpc) is 2.85. The van der Waals surface area contributed by atoms with Gasteiger partial charge in [-0.05, 0) is 71.0 Å². The number of hydrogen-bond acceptors (Lipinski definition) is 1. The Balaban J connectivity index is 1.78. The van der Waals surface area contributed by atoms with Gasteiger partial charge in [-0.25, -0.2) is 0 Å². The van der Waals surface area contributed by atoms with E-state index in [0.717, 1.165) is 22.6 Å². The standard InChI is InChI=1S/C25H24O/c1-6-18-9-11-20-21-12-10-19(15-23(21)25(4,5)22(20)14-18)26-24-13-16(2)7-8-17(24)3/h6-15H,1H2,2-5H3. The van der Waals surface area contributed by atoms with Gasteiger partial charge >= 0.3 is 0 Å². The van der Waals surface area contributed by atoms with Crippen LogP contribution >= 0.6 is 0 Å². The minimum Gasteiger partial charge on any atom is -0.457 e. The fourth-order valence-electron chi connectivity index (χ4n) is 3.87. The largest absolute Gasteiger partial charge is 0.457 e. The molecule has 0 unspecified atom stereocenters. The van der Waals surface area contributed by atoms with E-state index in [1.165, 1.54) is 27.8 Å². The van der Waals surface area contributed by atoms with E-state index in [1.54, 1.807) is 0 Å². The van der Waals surface area contributed by atoms with E-state index < -0.39 is 0 Å². The highest BCUT2D eigenvalue weighted by Crippen LogP contribution is 2.50. The molecule has 4 rings (SSSR count). The predicted octanol–water partition coefficient (Wildman–Crippen LogP) is 7.05. The van der Waals surface area contributed by atoms with Gasteiger partial charge in [0.15, 0.2) is 0 Å². The topological polar surface area (TPSA) is 9.23 Å².